The Morgan fingerprint density at radius 1 is 1.21 bits per heavy atom. The summed E-state index contributed by atoms with van der Waals surface area (Å²) in [6.07, 6.45) is 5.48. The van der Waals surface area contributed by atoms with Gasteiger partial charge in [0.05, 0.1) is 0 Å². The lowest BCUT2D eigenvalue weighted by Gasteiger charge is -2.39. The SMILES string of the molecule is CNC(c1cscc1Br)C1CCC(C(C)(C)C)CC1. The van der Waals surface area contributed by atoms with Crippen molar-refractivity contribution in [1.29, 1.82) is 0 Å². The Morgan fingerprint density at radius 2 is 1.84 bits per heavy atom. The Kier molecular flexibility index (Phi) is 5.13. The number of halogens is 1. The second kappa shape index (κ2) is 6.28. The molecule has 0 bridgehead atoms. The predicted molar refractivity (Wildman–Crippen MR) is 88.7 cm³/mol. The first kappa shape index (κ1) is 15.5. The largest absolute Gasteiger partial charge is 0.313 e. The lowest BCUT2D eigenvalue weighted by Crippen LogP contribution is -2.32. The van der Waals surface area contributed by atoms with E-state index in [-0.39, 0.29) is 0 Å². The first-order chi connectivity index (χ1) is 8.93. The Hall–Kier alpha value is 0.140. The van der Waals surface area contributed by atoms with Gasteiger partial charge in [-0.25, -0.2) is 0 Å². The summed E-state index contributed by atoms with van der Waals surface area (Å²) in [5, 5.41) is 8.03. The van der Waals surface area contributed by atoms with Crippen molar-refractivity contribution in [1.82, 2.24) is 5.32 Å². The fourth-order valence-corrected chi connectivity index (χ4v) is 5.06. The van der Waals surface area contributed by atoms with Crippen molar-refractivity contribution in [3.05, 3.63) is 20.8 Å². The summed E-state index contributed by atoms with van der Waals surface area (Å²) in [6.45, 7) is 7.18. The second-order valence-electron chi connectivity index (χ2n) is 6.92. The van der Waals surface area contributed by atoms with Crippen molar-refractivity contribution in [3.8, 4) is 0 Å². The molecule has 108 valence electrons. The Balaban J connectivity index is 2.02. The van der Waals surface area contributed by atoms with Crippen molar-refractivity contribution in [2.45, 2.75) is 52.5 Å². The first-order valence-electron chi connectivity index (χ1n) is 7.32. The van der Waals surface area contributed by atoms with Gasteiger partial charge >= 0.3 is 0 Å². The molecule has 1 N–H and O–H groups in total. The second-order valence-corrected chi connectivity index (χ2v) is 8.52. The molecule has 0 radical (unpaired) electrons. The number of thiophene rings is 1. The molecule has 1 aromatic rings. The smallest absolute Gasteiger partial charge is 0.0365 e. The van der Waals surface area contributed by atoms with Gasteiger partial charge in [0, 0.05) is 15.9 Å². The Bertz CT molecular complexity index is 399. The van der Waals surface area contributed by atoms with E-state index in [2.05, 4.69) is 59.8 Å². The third-order valence-electron chi connectivity index (χ3n) is 4.76. The molecule has 1 aliphatic carbocycles. The minimum absolute atomic E-state index is 0.475. The van der Waals surface area contributed by atoms with Crippen LogP contribution in [0.3, 0.4) is 0 Å². The van der Waals surface area contributed by atoms with Crippen LogP contribution in [-0.4, -0.2) is 7.05 Å². The first-order valence-corrected chi connectivity index (χ1v) is 9.06. The fourth-order valence-electron chi connectivity index (χ4n) is 3.48. The zero-order valence-electron chi connectivity index (χ0n) is 12.5. The predicted octanol–water partition coefficient (Wildman–Crippen LogP) is 5.62. The fraction of sp³-hybridized carbons (Fsp3) is 0.750. The maximum Gasteiger partial charge on any atom is 0.0365 e. The van der Waals surface area contributed by atoms with Crippen LogP contribution < -0.4 is 5.32 Å². The van der Waals surface area contributed by atoms with Crippen molar-refractivity contribution < 1.29 is 0 Å². The summed E-state index contributed by atoms with van der Waals surface area (Å²) < 4.78 is 1.27. The van der Waals surface area contributed by atoms with Gasteiger partial charge in [-0.2, -0.15) is 11.3 Å². The van der Waals surface area contributed by atoms with Crippen LogP contribution in [0.5, 0.6) is 0 Å². The van der Waals surface area contributed by atoms with Crippen LogP contribution in [0.2, 0.25) is 0 Å². The molecule has 0 saturated heterocycles. The van der Waals surface area contributed by atoms with E-state index in [9.17, 15) is 0 Å². The highest BCUT2D eigenvalue weighted by Gasteiger charge is 2.33. The molecule has 1 aromatic heterocycles. The topological polar surface area (TPSA) is 12.0 Å². The maximum atomic E-state index is 3.69. The average molecular weight is 344 g/mol. The van der Waals surface area contributed by atoms with Crippen LogP contribution in [0, 0.1) is 17.3 Å². The molecular weight excluding hydrogens is 318 g/mol. The Morgan fingerprint density at radius 3 is 2.26 bits per heavy atom. The molecule has 1 heterocycles. The number of hydrogen-bond acceptors (Lipinski definition) is 2. The number of rotatable bonds is 3. The highest BCUT2D eigenvalue weighted by atomic mass is 79.9. The van der Waals surface area contributed by atoms with E-state index >= 15 is 0 Å². The summed E-state index contributed by atoms with van der Waals surface area (Å²) in [7, 11) is 2.10. The van der Waals surface area contributed by atoms with Gasteiger partial charge in [0.2, 0.25) is 0 Å². The van der Waals surface area contributed by atoms with Crippen LogP contribution in [-0.2, 0) is 0 Å². The van der Waals surface area contributed by atoms with E-state index < -0.39 is 0 Å². The molecule has 3 heteroatoms. The normalized spacial score (nSPS) is 26.4. The van der Waals surface area contributed by atoms with E-state index in [0.29, 0.717) is 11.5 Å². The van der Waals surface area contributed by atoms with Crippen molar-refractivity contribution >= 4 is 27.3 Å². The minimum Gasteiger partial charge on any atom is -0.313 e. The van der Waals surface area contributed by atoms with Gasteiger partial charge in [-0.15, -0.1) is 0 Å². The van der Waals surface area contributed by atoms with Gasteiger partial charge in [0.1, 0.15) is 0 Å². The Labute approximate surface area is 130 Å². The van der Waals surface area contributed by atoms with Gasteiger partial charge in [0.25, 0.3) is 0 Å². The van der Waals surface area contributed by atoms with Crippen LogP contribution in [0.1, 0.15) is 58.1 Å². The van der Waals surface area contributed by atoms with Gasteiger partial charge in [-0.3, -0.25) is 0 Å². The van der Waals surface area contributed by atoms with E-state index in [4.69, 9.17) is 0 Å². The lowest BCUT2D eigenvalue weighted by molar-refractivity contribution is 0.134. The molecule has 1 atom stereocenters. The molecule has 2 rings (SSSR count). The van der Waals surface area contributed by atoms with Crippen LogP contribution in [0.25, 0.3) is 0 Å². The van der Waals surface area contributed by atoms with E-state index in [1.54, 1.807) is 11.3 Å². The highest BCUT2D eigenvalue weighted by Crippen LogP contribution is 2.44. The van der Waals surface area contributed by atoms with Gasteiger partial charge < -0.3 is 5.32 Å². The zero-order chi connectivity index (χ0) is 14.0. The third kappa shape index (κ3) is 3.62. The van der Waals surface area contributed by atoms with Crippen molar-refractivity contribution in [2.75, 3.05) is 7.05 Å². The molecule has 1 nitrogen and oxygen atoms in total. The molecule has 0 amide bonds. The summed E-state index contributed by atoms with van der Waals surface area (Å²) in [5.41, 5.74) is 1.93. The molecule has 1 saturated carbocycles. The minimum atomic E-state index is 0.475. The molecule has 1 aliphatic rings. The number of hydrogen-bond donors (Lipinski definition) is 1. The average Bonchev–Trinajstić information content (AvgIpc) is 2.76. The standard InChI is InChI=1S/C16H26BrNS/c1-16(2,3)12-7-5-11(6-8-12)15(18-4)13-9-19-10-14(13)17/h9-12,15,18H,5-8H2,1-4H3. The molecule has 0 spiro atoms. The summed E-state index contributed by atoms with van der Waals surface area (Å²) in [5.74, 6) is 1.68. The van der Waals surface area contributed by atoms with E-state index in [0.717, 1.165) is 11.8 Å². The van der Waals surface area contributed by atoms with Gasteiger partial charge in [-0.05, 0) is 76.9 Å². The number of nitrogens with one attached hydrogen (secondary N) is 1. The molecular formula is C16H26BrNS. The van der Waals surface area contributed by atoms with Crippen molar-refractivity contribution in [3.63, 3.8) is 0 Å². The molecule has 19 heavy (non-hydrogen) atoms. The van der Waals surface area contributed by atoms with Crippen LogP contribution in [0.15, 0.2) is 15.2 Å². The van der Waals surface area contributed by atoms with Crippen molar-refractivity contribution in [2.24, 2.45) is 17.3 Å². The molecule has 0 aliphatic heterocycles. The molecule has 0 aromatic carbocycles. The monoisotopic (exact) mass is 343 g/mol. The zero-order valence-corrected chi connectivity index (χ0v) is 14.9. The summed E-state index contributed by atoms with van der Waals surface area (Å²) in [4.78, 5) is 0. The molecule has 1 fully saturated rings. The van der Waals surface area contributed by atoms with Crippen LogP contribution >= 0.6 is 27.3 Å². The van der Waals surface area contributed by atoms with E-state index in [1.165, 1.54) is 35.7 Å². The lowest BCUT2D eigenvalue weighted by atomic mass is 9.68. The quantitative estimate of drug-likeness (QED) is 0.750. The van der Waals surface area contributed by atoms with Gasteiger partial charge in [0.15, 0.2) is 0 Å². The summed E-state index contributed by atoms with van der Waals surface area (Å²) >= 11 is 5.48. The highest BCUT2D eigenvalue weighted by molar-refractivity contribution is 9.10. The third-order valence-corrected chi connectivity index (χ3v) is 6.51. The van der Waals surface area contributed by atoms with E-state index in [1.807, 2.05) is 0 Å². The maximum absolute atomic E-state index is 3.69. The summed E-state index contributed by atoms with van der Waals surface area (Å²) in [6, 6.07) is 0.515. The van der Waals surface area contributed by atoms with Crippen LogP contribution in [0.4, 0.5) is 0 Å². The van der Waals surface area contributed by atoms with Gasteiger partial charge in [-0.1, -0.05) is 20.8 Å². The molecule has 1 unspecified atom stereocenters.